The molecule has 9 N–H and O–H groups in total. The highest BCUT2D eigenvalue weighted by Crippen LogP contribution is 2.39. The Kier molecular flexibility index (Phi) is 2.23. The summed E-state index contributed by atoms with van der Waals surface area (Å²) in [5.41, 5.74) is 10.9. The molecule has 3 aliphatic rings. The Morgan fingerprint density at radius 1 is 1.47 bits per heavy atom. The molecule has 9 nitrogen and oxygen atoms in total. The molecule has 2 unspecified atom stereocenters. The first kappa shape index (κ1) is 12.1. The summed E-state index contributed by atoms with van der Waals surface area (Å²) in [7, 11) is 0. The average Bonchev–Trinajstić information content (AvgIpc) is 2.80. The molecule has 0 aromatic carbocycles. The molecule has 19 heavy (non-hydrogen) atoms. The molecule has 104 valence electrons. The number of hydrogen-bond donors (Lipinski definition) is 7. The number of rotatable bonds is 1. The summed E-state index contributed by atoms with van der Waals surface area (Å²) in [6.07, 6.45) is -1.24. The van der Waals surface area contributed by atoms with Gasteiger partial charge in [-0.2, -0.15) is 0 Å². The fourth-order valence-corrected chi connectivity index (χ4v) is 3.15. The van der Waals surface area contributed by atoms with E-state index in [9.17, 15) is 15.3 Å². The molecule has 0 aromatic rings. The fraction of sp³-hybridized carbons (Fsp3) is 0.600. The van der Waals surface area contributed by atoms with Gasteiger partial charge in [0.15, 0.2) is 17.8 Å². The van der Waals surface area contributed by atoms with E-state index in [1.165, 1.54) is 4.58 Å². The van der Waals surface area contributed by atoms with E-state index in [1.54, 1.807) is 6.92 Å². The van der Waals surface area contributed by atoms with Crippen LogP contribution in [0.25, 0.3) is 0 Å². The first-order valence-corrected chi connectivity index (χ1v) is 5.92. The third-order valence-electron chi connectivity index (χ3n) is 3.96. The van der Waals surface area contributed by atoms with Gasteiger partial charge in [0.1, 0.15) is 17.8 Å². The van der Waals surface area contributed by atoms with E-state index in [0.717, 1.165) is 0 Å². The largest absolute Gasteiger partial charge is 0.506 e. The van der Waals surface area contributed by atoms with Crippen molar-refractivity contribution in [3.05, 3.63) is 11.5 Å². The van der Waals surface area contributed by atoms with Crippen LogP contribution in [-0.2, 0) is 0 Å². The molecule has 0 radical (unpaired) electrons. The van der Waals surface area contributed by atoms with E-state index in [4.69, 9.17) is 11.5 Å². The average molecular weight is 269 g/mol. The van der Waals surface area contributed by atoms with Crippen LogP contribution in [-0.4, -0.2) is 62.3 Å². The number of aliphatic imine (C=N–C) groups is 1. The minimum Gasteiger partial charge on any atom is -0.506 e. The smallest absolute Gasteiger partial charge is 0.350 e. The Morgan fingerprint density at radius 2 is 2.16 bits per heavy atom. The highest BCUT2D eigenvalue weighted by Gasteiger charge is 2.66. The number of aliphatic hydroxyl groups is 3. The summed E-state index contributed by atoms with van der Waals surface area (Å²) in [5, 5.41) is 35.6. The van der Waals surface area contributed by atoms with Crippen molar-refractivity contribution in [1.29, 1.82) is 0 Å². The Labute approximate surface area is 108 Å². The molecule has 4 atom stereocenters. The molecule has 1 spiro atoms. The van der Waals surface area contributed by atoms with E-state index in [-0.39, 0.29) is 24.3 Å². The Hall–Kier alpha value is -2.00. The van der Waals surface area contributed by atoms with Gasteiger partial charge in [-0.05, 0) is 6.92 Å². The number of nitrogens with two attached hydrogens (primary N) is 2. The molecule has 3 aliphatic heterocycles. The van der Waals surface area contributed by atoms with Gasteiger partial charge in [0.05, 0.1) is 6.61 Å². The quantitative estimate of drug-likeness (QED) is 0.243. The van der Waals surface area contributed by atoms with Crippen LogP contribution in [0.5, 0.6) is 0 Å². The van der Waals surface area contributed by atoms with Crippen molar-refractivity contribution >= 4 is 11.9 Å². The van der Waals surface area contributed by atoms with Crippen LogP contribution in [0.1, 0.15) is 6.92 Å². The molecule has 0 fully saturated rings. The fourth-order valence-electron chi connectivity index (χ4n) is 3.15. The van der Waals surface area contributed by atoms with Gasteiger partial charge in [0, 0.05) is 0 Å². The zero-order chi connectivity index (χ0) is 13.9. The van der Waals surface area contributed by atoms with Gasteiger partial charge in [-0.1, -0.05) is 0 Å². The minimum absolute atomic E-state index is 0.131. The molecule has 0 saturated heterocycles. The summed E-state index contributed by atoms with van der Waals surface area (Å²) in [6.45, 7) is 1.40. The molecular formula is C10H17N6O3+. The number of aliphatic hydroxyl groups excluding tert-OH is 3. The maximum Gasteiger partial charge on any atom is 0.350 e. The van der Waals surface area contributed by atoms with Crippen molar-refractivity contribution in [1.82, 2.24) is 10.6 Å². The maximum atomic E-state index is 10.4. The highest BCUT2D eigenvalue weighted by atomic mass is 16.3. The third-order valence-corrected chi connectivity index (χ3v) is 3.96. The lowest BCUT2D eigenvalue weighted by Gasteiger charge is -2.39. The van der Waals surface area contributed by atoms with Crippen LogP contribution in [0.3, 0.4) is 0 Å². The second-order valence-corrected chi connectivity index (χ2v) is 4.94. The van der Waals surface area contributed by atoms with Gasteiger partial charge in [-0.15, -0.1) is 0 Å². The van der Waals surface area contributed by atoms with Crippen molar-refractivity contribution in [2.45, 2.75) is 30.8 Å². The highest BCUT2D eigenvalue weighted by molar-refractivity contribution is 5.83. The predicted molar refractivity (Wildman–Crippen MR) is 66.1 cm³/mol. The molecule has 0 aromatic heterocycles. The molecule has 0 bridgehead atoms. The van der Waals surface area contributed by atoms with Crippen molar-refractivity contribution in [2.75, 3.05) is 6.61 Å². The standard InChI is InChI=1S/C10H16N6O3/c1-3-5(18)7(19)10-6(14-8(11)15-10)4(2-17)13-9(12)16(3)10/h4,6-7,17,19H,2H2,1H3,(H6,11,12,13,14,15,18)/p+1/t4-,6?,7+,10?/m0/s1. The molecule has 0 aliphatic carbocycles. The van der Waals surface area contributed by atoms with E-state index >= 15 is 0 Å². The van der Waals surface area contributed by atoms with E-state index in [0.29, 0.717) is 5.70 Å². The van der Waals surface area contributed by atoms with Gasteiger partial charge in [-0.25, -0.2) is 9.57 Å². The zero-order valence-electron chi connectivity index (χ0n) is 10.3. The SMILES string of the molecule is CC1=C(O)[C@@H](O)C23NC(N)=NC2[C@H](CO)NC(N)=[N+]13. The maximum absolute atomic E-state index is 10.4. The van der Waals surface area contributed by atoms with E-state index < -0.39 is 23.9 Å². The van der Waals surface area contributed by atoms with Crippen molar-refractivity contribution in [3.8, 4) is 0 Å². The van der Waals surface area contributed by atoms with Crippen LogP contribution in [0.2, 0.25) is 0 Å². The van der Waals surface area contributed by atoms with Gasteiger partial charge in [0.2, 0.25) is 5.66 Å². The van der Waals surface area contributed by atoms with Crippen molar-refractivity contribution in [3.63, 3.8) is 0 Å². The van der Waals surface area contributed by atoms with Crippen LogP contribution >= 0.6 is 0 Å². The topological polar surface area (TPSA) is 152 Å². The summed E-state index contributed by atoms with van der Waals surface area (Å²) in [5.74, 6) is 0.158. The van der Waals surface area contributed by atoms with Crippen LogP contribution in [0.15, 0.2) is 16.4 Å². The molecule has 3 rings (SSSR count). The number of nitrogens with zero attached hydrogens (tertiary/aromatic N) is 2. The Bertz CT molecular complexity index is 541. The number of allylic oxidation sites excluding steroid dienone is 1. The first-order chi connectivity index (χ1) is 8.93. The molecule has 0 amide bonds. The number of nitrogens with one attached hydrogen (secondary N) is 2. The number of hydrogen-bond acceptors (Lipinski definition) is 8. The molecule has 3 heterocycles. The van der Waals surface area contributed by atoms with Crippen LogP contribution < -0.4 is 22.1 Å². The monoisotopic (exact) mass is 269 g/mol. The normalized spacial score (nSPS) is 40.6. The van der Waals surface area contributed by atoms with E-state index in [2.05, 4.69) is 15.6 Å². The second-order valence-electron chi connectivity index (χ2n) is 4.94. The van der Waals surface area contributed by atoms with Crippen molar-refractivity contribution in [2.24, 2.45) is 16.5 Å². The summed E-state index contributed by atoms with van der Waals surface area (Å²) >= 11 is 0. The predicted octanol–water partition coefficient (Wildman–Crippen LogP) is -3.58. The first-order valence-electron chi connectivity index (χ1n) is 5.92. The van der Waals surface area contributed by atoms with E-state index in [1.807, 2.05) is 0 Å². The van der Waals surface area contributed by atoms with Crippen LogP contribution in [0.4, 0.5) is 0 Å². The molecule has 0 saturated carbocycles. The van der Waals surface area contributed by atoms with Gasteiger partial charge >= 0.3 is 5.96 Å². The number of guanidine groups is 2. The van der Waals surface area contributed by atoms with Gasteiger partial charge in [-0.3, -0.25) is 11.1 Å². The lowest BCUT2D eigenvalue weighted by Crippen LogP contribution is -2.74. The van der Waals surface area contributed by atoms with Gasteiger partial charge in [0.25, 0.3) is 0 Å². The second kappa shape index (κ2) is 3.52. The summed E-state index contributed by atoms with van der Waals surface area (Å²) < 4.78 is 1.53. The summed E-state index contributed by atoms with van der Waals surface area (Å²) in [4.78, 5) is 4.20. The molecule has 9 heteroatoms. The van der Waals surface area contributed by atoms with Gasteiger partial charge < -0.3 is 26.4 Å². The minimum atomic E-state index is -1.24. The van der Waals surface area contributed by atoms with Crippen molar-refractivity contribution < 1.29 is 19.9 Å². The lowest BCUT2D eigenvalue weighted by atomic mass is 9.89. The Morgan fingerprint density at radius 3 is 2.79 bits per heavy atom. The lowest BCUT2D eigenvalue weighted by molar-refractivity contribution is -0.578. The Balaban J connectivity index is 2.21. The summed E-state index contributed by atoms with van der Waals surface area (Å²) in [6, 6.07) is -1.09. The zero-order valence-corrected chi connectivity index (χ0v) is 10.3. The third kappa shape index (κ3) is 1.21. The molecular weight excluding hydrogens is 252 g/mol. The van der Waals surface area contributed by atoms with Crippen LogP contribution in [0, 0.1) is 0 Å².